The van der Waals surface area contributed by atoms with Crippen LogP contribution in [0.5, 0.6) is 0 Å². The first-order chi connectivity index (χ1) is 16.6. The first-order valence-corrected chi connectivity index (χ1v) is 14.0. The summed E-state index contributed by atoms with van der Waals surface area (Å²) in [6, 6.07) is 11.3. The minimum atomic E-state index is -3.93. The van der Waals surface area contributed by atoms with E-state index < -0.39 is 15.9 Å². The van der Waals surface area contributed by atoms with E-state index in [-0.39, 0.29) is 33.5 Å². The molecule has 4 bridgehead atoms. The van der Waals surface area contributed by atoms with Crippen molar-refractivity contribution >= 4 is 44.8 Å². The highest BCUT2D eigenvalue weighted by Crippen LogP contribution is 2.60. The lowest BCUT2D eigenvalue weighted by molar-refractivity contribution is -0.146. The molecule has 0 heterocycles. The van der Waals surface area contributed by atoms with Crippen molar-refractivity contribution in [1.82, 2.24) is 5.32 Å². The van der Waals surface area contributed by atoms with E-state index >= 15 is 0 Å². The van der Waals surface area contributed by atoms with Crippen LogP contribution >= 0.6 is 11.6 Å². The van der Waals surface area contributed by atoms with Crippen LogP contribution in [0.25, 0.3) is 0 Å². The highest BCUT2D eigenvalue weighted by molar-refractivity contribution is 7.92. The predicted molar refractivity (Wildman–Crippen MR) is 136 cm³/mol. The molecule has 0 aliphatic heterocycles. The summed E-state index contributed by atoms with van der Waals surface area (Å²) in [5, 5.41) is 5.86. The summed E-state index contributed by atoms with van der Waals surface area (Å²) in [6.07, 6.45) is 6.54. The van der Waals surface area contributed by atoms with Gasteiger partial charge in [0.05, 0.1) is 22.2 Å². The molecule has 35 heavy (non-hydrogen) atoms. The molecule has 0 saturated heterocycles. The van der Waals surface area contributed by atoms with Gasteiger partial charge in [0.1, 0.15) is 0 Å². The van der Waals surface area contributed by atoms with Crippen molar-refractivity contribution in [2.45, 2.75) is 50.3 Å². The van der Waals surface area contributed by atoms with Crippen molar-refractivity contribution in [3.05, 3.63) is 53.1 Å². The Balaban J connectivity index is 1.23. The minimum Gasteiger partial charge on any atom is -0.347 e. The normalized spacial score (nSPS) is 26.9. The molecular weight excluding hydrogens is 486 g/mol. The summed E-state index contributed by atoms with van der Waals surface area (Å²) in [5.74, 6) is 1.53. The Kier molecular flexibility index (Phi) is 6.30. The maximum atomic E-state index is 13.1. The quantitative estimate of drug-likeness (QED) is 0.496. The van der Waals surface area contributed by atoms with E-state index in [1.807, 2.05) is 0 Å². The number of sulfonamides is 1. The van der Waals surface area contributed by atoms with Crippen LogP contribution in [0, 0.1) is 30.1 Å². The number of amides is 2. The molecule has 0 aromatic heterocycles. The molecule has 3 N–H and O–H groups in total. The van der Waals surface area contributed by atoms with E-state index in [1.54, 1.807) is 43.3 Å². The molecular formula is C26H30ClN3O4S. The van der Waals surface area contributed by atoms with E-state index in [0.717, 1.165) is 19.3 Å². The Morgan fingerprint density at radius 2 is 1.63 bits per heavy atom. The molecule has 7 nitrogen and oxygen atoms in total. The number of hydrogen-bond donors (Lipinski definition) is 3. The highest BCUT2D eigenvalue weighted by atomic mass is 35.5. The number of para-hydroxylation sites is 1. The van der Waals surface area contributed by atoms with Crippen molar-refractivity contribution in [3.63, 3.8) is 0 Å². The van der Waals surface area contributed by atoms with E-state index in [9.17, 15) is 18.0 Å². The van der Waals surface area contributed by atoms with E-state index in [2.05, 4.69) is 15.4 Å². The fraction of sp³-hybridized carbons (Fsp3) is 0.462. The molecule has 0 radical (unpaired) electrons. The van der Waals surface area contributed by atoms with Crippen molar-refractivity contribution in [3.8, 4) is 0 Å². The Morgan fingerprint density at radius 1 is 1.00 bits per heavy atom. The third-order valence-electron chi connectivity index (χ3n) is 7.81. The second kappa shape index (κ2) is 9.13. The number of carbonyl (C=O) groups is 2. The molecule has 4 aliphatic rings. The smallest absolute Gasteiger partial charge is 0.262 e. The average Bonchev–Trinajstić information content (AvgIpc) is 2.79. The number of halogens is 1. The van der Waals surface area contributed by atoms with Crippen LogP contribution in [-0.2, 0) is 19.6 Å². The van der Waals surface area contributed by atoms with Crippen molar-refractivity contribution < 1.29 is 18.0 Å². The van der Waals surface area contributed by atoms with Crippen LogP contribution in [0.15, 0.2) is 47.4 Å². The number of rotatable bonds is 7. The molecule has 6 rings (SSSR count). The Labute approximate surface area is 211 Å². The van der Waals surface area contributed by atoms with Crippen LogP contribution in [0.1, 0.15) is 44.1 Å². The molecule has 2 aromatic carbocycles. The standard InChI is InChI=1S/C26H30ClN3O4S/c1-16-6-7-20(11-23(16)35(33,34)30-22-5-3-2-4-21(22)27)29-24(31)15-28-25(32)26-12-17-8-18(13-26)10-19(9-17)14-26/h2-7,11,17-19,30H,8-10,12-15H2,1H3,(H,28,32)(H,29,31). The molecule has 0 unspecified atom stereocenters. The SMILES string of the molecule is Cc1ccc(NC(=O)CNC(=O)C23CC4CC(CC(C4)C2)C3)cc1S(=O)(=O)Nc1ccccc1Cl. The lowest BCUT2D eigenvalue weighted by Crippen LogP contribution is -2.54. The van der Waals surface area contributed by atoms with Gasteiger partial charge in [-0.15, -0.1) is 0 Å². The van der Waals surface area contributed by atoms with Gasteiger partial charge in [-0.25, -0.2) is 8.42 Å². The third kappa shape index (κ3) is 4.91. The van der Waals surface area contributed by atoms with Crippen LogP contribution in [0.3, 0.4) is 0 Å². The van der Waals surface area contributed by atoms with Gasteiger partial charge in [-0.3, -0.25) is 14.3 Å². The number of benzene rings is 2. The van der Waals surface area contributed by atoms with E-state index in [4.69, 9.17) is 11.6 Å². The Bertz CT molecular complexity index is 1240. The number of hydrogen-bond acceptors (Lipinski definition) is 4. The molecule has 4 aliphatic carbocycles. The zero-order valence-electron chi connectivity index (χ0n) is 19.6. The van der Waals surface area contributed by atoms with Gasteiger partial charge in [0.2, 0.25) is 11.8 Å². The number of carbonyl (C=O) groups excluding carboxylic acids is 2. The van der Waals surface area contributed by atoms with Crippen molar-refractivity contribution in [1.29, 1.82) is 0 Å². The van der Waals surface area contributed by atoms with Gasteiger partial charge in [-0.2, -0.15) is 0 Å². The molecule has 9 heteroatoms. The fourth-order valence-corrected chi connectivity index (χ4v) is 8.24. The lowest BCUT2D eigenvalue weighted by Gasteiger charge is -2.55. The Hall–Kier alpha value is -2.58. The number of anilines is 2. The lowest BCUT2D eigenvalue weighted by atomic mass is 9.49. The summed E-state index contributed by atoms with van der Waals surface area (Å²) in [5.41, 5.74) is 0.821. The zero-order chi connectivity index (χ0) is 24.8. The highest BCUT2D eigenvalue weighted by Gasteiger charge is 2.54. The Morgan fingerprint density at radius 3 is 2.26 bits per heavy atom. The van der Waals surface area contributed by atoms with Crippen molar-refractivity contribution in [2.24, 2.45) is 23.2 Å². The van der Waals surface area contributed by atoms with E-state index in [0.29, 0.717) is 29.0 Å². The van der Waals surface area contributed by atoms with Gasteiger partial charge < -0.3 is 10.6 Å². The van der Waals surface area contributed by atoms with Gasteiger partial charge in [-0.1, -0.05) is 29.8 Å². The third-order valence-corrected chi connectivity index (χ3v) is 9.65. The fourth-order valence-electron chi connectivity index (χ4n) is 6.65. The van der Waals surface area contributed by atoms with Gasteiger partial charge in [0.25, 0.3) is 10.0 Å². The second-order valence-electron chi connectivity index (χ2n) is 10.5. The van der Waals surface area contributed by atoms with Gasteiger partial charge in [0, 0.05) is 11.1 Å². The molecule has 4 fully saturated rings. The minimum absolute atomic E-state index is 0.0112. The zero-order valence-corrected chi connectivity index (χ0v) is 21.2. The maximum absolute atomic E-state index is 13.1. The molecule has 186 valence electrons. The molecule has 0 atom stereocenters. The number of aryl methyl sites for hydroxylation is 1. The van der Waals surface area contributed by atoms with E-state index in [1.165, 1.54) is 25.3 Å². The first-order valence-electron chi connectivity index (χ1n) is 12.1. The topological polar surface area (TPSA) is 104 Å². The molecule has 4 saturated carbocycles. The molecule has 2 aromatic rings. The first kappa shape index (κ1) is 24.1. The van der Waals surface area contributed by atoms with Gasteiger partial charge in [-0.05, 0) is 93.0 Å². The monoisotopic (exact) mass is 515 g/mol. The summed E-state index contributed by atoms with van der Waals surface area (Å²) in [4.78, 5) is 25.7. The van der Waals surface area contributed by atoms with Gasteiger partial charge in [0.15, 0.2) is 0 Å². The van der Waals surface area contributed by atoms with Crippen molar-refractivity contribution in [2.75, 3.05) is 16.6 Å². The second-order valence-corrected chi connectivity index (χ2v) is 12.6. The van der Waals surface area contributed by atoms with Crippen LogP contribution in [-0.4, -0.2) is 26.8 Å². The summed E-state index contributed by atoms with van der Waals surface area (Å²) >= 11 is 6.10. The summed E-state index contributed by atoms with van der Waals surface area (Å²) in [6.45, 7) is 1.53. The average molecular weight is 516 g/mol. The van der Waals surface area contributed by atoms with Crippen LogP contribution < -0.4 is 15.4 Å². The van der Waals surface area contributed by atoms with Crippen LogP contribution in [0.4, 0.5) is 11.4 Å². The maximum Gasteiger partial charge on any atom is 0.262 e. The van der Waals surface area contributed by atoms with Gasteiger partial charge >= 0.3 is 0 Å². The summed E-state index contributed by atoms with van der Waals surface area (Å²) in [7, 11) is -3.93. The predicted octanol–water partition coefficient (Wildman–Crippen LogP) is 4.72. The molecule has 2 amide bonds. The molecule has 0 spiro atoms. The van der Waals surface area contributed by atoms with Crippen LogP contribution in [0.2, 0.25) is 5.02 Å². The number of nitrogens with one attached hydrogen (secondary N) is 3. The summed E-state index contributed by atoms with van der Waals surface area (Å²) < 4.78 is 28.5. The largest absolute Gasteiger partial charge is 0.347 e.